The molecule has 0 bridgehead atoms. The molecule has 0 radical (unpaired) electrons. The highest BCUT2D eigenvalue weighted by Crippen LogP contribution is 2.23. The predicted molar refractivity (Wildman–Crippen MR) is 76.7 cm³/mol. The van der Waals surface area contributed by atoms with Gasteiger partial charge in [-0.3, -0.25) is 9.59 Å². The van der Waals surface area contributed by atoms with E-state index in [2.05, 4.69) is 5.32 Å². The van der Waals surface area contributed by atoms with Gasteiger partial charge in [0.15, 0.2) is 12.0 Å². The Hall–Kier alpha value is -2.40. The summed E-state index contributed by atoms with van der Waals surface area (Å²) in [5.41, 5.74) is 1.58. The number of carbonyl (C=O) groups excluding carboxylic acids is 2. The molecule has 1 aromatic heterocycles. The van der Waals surface area contributed by atoms with Gasteiger partial charge in [0.05, 0.1) is 6.54 Å². The van der Waals surface area contributed by atoms with Crippen molar-refractivity contribution in [1.29, 1.82) is 0 Å². The predicted octanol–water partition coefficient (Wildman–Crippen LogP) is 2.26. The third-order valence-corrected chi connectivity index (χ3v) is 2.66. The van der Waals surface area contributed by atoms with Crippen molar-refractivity contribution in [3.8, 4) is 11.3 Å². The van der Waals surface area contributed by atoms with Gasteiger partial charge in [0.25, 0.3) is 0 Å². The largest absolute Gasteiger partial charge is 0.453 e. The Kier molecular flexibility index (Phi) is 4.32. The number of hydrogen-bond donors (Lipinski definition) is 1. The van der Waals surface area contributed by atoms with Gasteiger partial charge in [-0.15, -0.1) is 0 Å². The molecule has 0 saturated heterocycles. The van der Waals surface area contributed by atoms with Crippen molar-refractivity contribution in [2.75, 3.05) is 26.0 Å². The van der Waals surface area contributed by atoms with Crippen molar-refractivity contribution in [1.82, 2.24) is 4.90 Å². The Morgan fingerprint density at radius 2 is 1.90 bits per heavy atom. The molecule has 5 nitrogen and oxygen atoms in total. The van der Waals surface area contributed by atoms with Crippen molar-refractivity contribution in [3.63, 3.8) is 0 Å². The molecule has 0 aliphatic heterocycles. The van der Waals surface area contributed by atoms with Gasteiger partial charge in [0, 0.05) is 11.3 Å². The van der Waals surface area contributed by atoms with E-state index in [4.69, 9.17) is 4.42 Å². The van der Waals surface area contributed by atoms with Crippen LogP contribution in [0.15, 0.2) is 40.8 Å². The summed E-state index contributed by atoms with van der Waals surface area (Å²) in [6.07, 6.45) is 0.666. The summed E-state index contributed by atoms with van der Waals surface area (Å²) < 4.78 is 5.33. The molecule has 0 saturated carbocycles. The third kappa shape index (κ3) is 3.55. The molecular weight excluding hydrogens is 256 g/mol. The maximum atomic E-state index is 11.6. The lowest BCUT2D eigenvalue weighted by atomic mass is 10.1. The van der Waals surface area contributed by atoms with Crippen LogP contribution < -0.4 is 5.32 Å². The highest BCUT2D eigenvalue weighted by molar-refractivity contribution is 5.92. The van der Waals surface area contributed by atoms with Crippen LogP contribution in [0.4, 0.5) is 5.69 Å². The molecule has 0 atom stereocenters. The second-order valence-corrected chi connectivity index (χ2v) is 4.68. The van der Waals surface area contributed by atoms with E-state index in [1.165, 1.54) is 0 Å². The fraction of sp³-hybridized carbons (Fsp3) is 0.200. The zero-order chi connectivity index (χ0) is 14.5. The number of rotatable bonds is 5. The number of hydrogen-bond acceptors (Lipinski definition) is 4. The first-order valence-corrected chi connectivity index (χ1v) is 6.18. The molecule has 20 heavy (non-hydrogen) atoms. The number of anilines is 1. The van der Waals surface area contributed by atoms with Crippen molar-refractivity contribution < 1.29 is 14.0 Å². The monoisotopic (exact) mass is 272 g/mol. The van der Waals surface area contributed by atoms with E-state index in [1.54, 1.807) is 29.2 Å². The van der Waals surface area contributed by atoms with Crippen LogP contribution in [0.25, 0.3) is 11.3 Å². The molecule has 1 aromatic carbocycles. The summed E-state index contributed by atoms with van der Waals surface area (Å²) >= 11 is 0. The molecule has 104 valence electrons. The first-order chi connectivity index (χ1) is 9.58. The van der Waals surface area contributed by atoms with Crippen LogP contribution in [0.1, 0.15) is 10.6 Å². The molecule has 1 heterocycles. The second kappa shape index (κ2) is 6.16. The molecule has 0 fully saturated rings. The maximum Gasteiger partial charge on any atom is 0.238 e. The molecule has 2 aromatic rings. The van der Waals surface area contributed by atoms with E-state index >= 15 is 0 Å². The minimum absolute atomic E-state index is 0.0658. The van der Waals surface area contributed by atoms with Crippen LogP contribution in [0.5, 0.6) is 0 Å². The maximum absolute atomic E-state index is 11.6. The van der Waals surface area contributed by atoms with Crippen molar-refractivity contribution in [2.45, 2.75) is 0 Å². The second-order valence-electron chi connectivity index (χ2n) is 4.68. The molecular formula is C15H16N2O3. The van der Waals surface area contributed by atoms with Gasteiger partial charge in [0.1, 0.15) is 5.76 Å². The molecule has 1 amide bonds. The zero-order valence-electron chi connectivity index (χ0n) is 11.4. The topological polar surface area (TPSA) is 62.6 Å². The third-order valence-electron chi connectivity index (χ3n) is 2.66. The SMILES string of the molecule is CN(C)CC(=O)Nc1ccc(-c2ccc(C=O)o2)cc1. The first-order valence-electron chi connectivity index (χ1n) is 6.18. The lowest BCUT2D eigenvalue weighted by Crippen LogP contribution is -2.26. The van der Waals surface area contributed by atoms with Crippen LogP contribution in [0, 0.1) is 0 Å². The van der Waals surface area contributed by atoms with E-state index in [-0.39, 0.29) is 5.91 Å². The highest BCUT2D eigenvalue weighted by atomic mass is 16.3. The Bertz CT molecular complexity index is 600. The number of amides is 1. The summed E-state index contributed by atoms with van der Waals surface area (Å²) in [7, 11) is 3.68. The molecule has 0 spiro atoms. The lowest BCUT2D eigenvalue weighted by molar-refractivity contribution is -0.116. The Balaban J connectivity index is 2.06. The molecule has 5 heteroatoms. The van der Waals surface area contributed by atoms with Gasteiger partial charge in [-0.2, -0.15) is 0 Å². The van der Waals surface area contributed by atoms with Crippen LogP contribution in [0.2, 0.25) is 0 Å². The van der Waals surface area contributed by atoms with E-state index in [0.29, 0.717) is 24.4 Å². The molecule has 2 rings (SSSR count). The van der Waals surface area contributed by atoms with Crippen LogP contribution in [0.3, 0.4) is 0 Å². The minimum Gasteiger partial charge on any atom is -0.453 e. The van der Waals surface area contributed by atoms with Gasteiger partial charge in [-0.05, 0) is 50.5 Å². The standard InChI is InChI=1S/C15H16N2O3/c1-17(2)9-15(19)16-12-5-3-11(4-6-12)14-8-7-13(10-18)20-14/h3-8,10H,9H2,1-2H3,(H,16,19). The number of carbonyl (C=O) groups is 2. The summed E-state index contributed by atoms with van der Waals surface area (Å²) in [6.45, 7) is 0.336. The van der Waals surface area contributed by atoms with Crippen LogP contribution in [-0.2, 0) is 4.79 Å². The number of likely N-dealkylation sites (N-methyl/N-ethyl adjacent to an activating group) is 1. The number of furan rings is 1. The minimum atomic E-state index is -0.0658. The summed E-state index contributed by atoms with van der Waals surface area (Å²) in [4.78, 5) is 24.0. The Morgan fingerprint density at radius 3 is 2.45 bits per heavy atom. The number of nitrogens with zero attached hydrogens (tertiary/aromatic N) is 1. The molecule has 0 unspecified atom stereocenters. The highest BCUT2D eigenvalue weighted by Gasteiger charge is 2.06. The van der Waals surface area contributed by atoms with Crippen LogP contribution >= 0.6 is 0 Å². The van der Waals surface area contributed by atoms with Gasteiger partial charge in [0.2, 0.25) is 5.91 Å². The number of aldehydes is 1. The smallest absolute Gasteiger partial charge is 0.238 e. The quantitative estimate of drug-likeness (QED) is 0.848. The van der Waals surface area contributed by atoms with Gasteiger partial charge in [-0.25, -0.2) is 0 Å². The summed E-state index contributed by atoms with van der Waals surface area (Å²) in [5, 5.41) is 2.80. The van der Waals surface area contributed by atoms with Crippen molar-refractivity contribution >= 4 is 17.9 Å². The average Bonchev–Trinajstić information content (AvgIpc) is 2.87. The Labute approximate surface area is 117 Å². The summed E-state index contributed by atoms with van der Waals surface area (Å²) in [5.74, 6) is 0.852. The Morgan fingerprint density at radius 1 is 1.20 bits per heavy atom. The normalized spacial score (nSPS) is 10.6. The van der Waals surface area contributed by atoms with E-state index in [0.717, 1.165) is 11.3 Å². The van der Waals surface area contributed by atoms with E-state index in [1.807, 2.05) is 26.2 Å². The molecule has 0 aliphatic rings. The van der Waals surface area contributed by atoms with Gasteiger partial charge < -0.3 is 14.6 Å². The number of nitrogens with one attached hydrogen (secondary N) is 1. The molecule has 0 aliphatic carbocycles. The van der Waals surface area contributed by atoms with Crippen molar-refractivity contribution in [3.05, 3.63) is 42.2 Å². The lowest BCUT2D eigenvalue weighted by Gasteiger charge is -2.10. The van der Waals surface area contributed by atoms with Gasteiger partial charge in [-0.1, -0.05) is 0 Å². The fourth-order valence-electron chi connectivity index (χ4n) is 1.78. The first kappa shape index (κ1) is 14.0. The fourth-order valence-corrected chi connectivity index (χ4v) is 1.78. The summed E-state index contributed by atoms with van der Waals surface area (Å²) in [6, 6.07) is 10.6. The van der Waals surface area contributed by atoms with Crippen LogP contribution in [-0.4, -0.2) is 37.7 Å². The van der Waals surface area contributed by atoms with Gasteiger partial charge >= 0.3 is 0 Å². The molecule has 1 N–H and O–H groups in total. The van der Waals surface area contributed by atoms with E-state index in [9.17, 15) is 9.59 Å². The average molecular weight is 272 g/mol. The van der Waals surface area contributed by atoms with E-state index < -0.39 is 0 Å². The zero-order valence-corrected chi connectivity index (χ0v) is 11.4. The van der Waals surface area contributed by atoms with Crippen molar-refractivity contribution in [2.24, 2.45) is 0 Å². The number of benzene rings is 1.